The average molecular weight is 601 g/mol. The normalized spacial score (nSPS) is 10.8. The molecule has 4 aromatic rings. The Morgan fingerprint density at radius 2 is 1.83 bits per heavy atom. The molecule has 0 radical (unpaired) electrons. The van der Waals surface area contributed by atoms with Crippen molar-refractivity contribution >= 4 is 69.1 Å². The number of carbonyl (C=O) groups excluding carboxylic acids is 2. The number of nitrogens with zero attached hydrogens (tertiary/aromatic N) is 4. The summed E-state index contributed by atoms with van der Waals surface area (Å²) < 4.78 is 7.39. The number of anilines is 3. The number of ether oxygens (including phenoxy) is 1. The molecular weight excluding hydrogens is 569 g/mol. The fourth-order valence-corrected chi connectivity index (χ4v) is 4.69. The molecule has 0 unspecified atom stereocenters. The van der Waals surface area contributed by atoms with Crippen molar-refractivity contribution < 1.29 is 14.3 Å². The first kappa shape index (κ1) is 29.6. The lowest BCUT2D eigenvalue weighted by Crippen LogP contribution is -2.28. The van der Waals surface area contributed by atoms with Crippen molar-refractivity contribution in [1.29, 1.82) is 0 Å². The Kier molecular flexibility index (Phi) is 9.58. The Morgan fingerprint density at radius 1 is 1.07 bits per heavy atom. The minimum Gasteiger partial charge on any atom is -0.495 e. The van der Waals surface area contributed by atoms with E-state index in [9.17, 15) is 9.59 Å². The van der Waals surface area contributed by atoms with Crippen molar-refractivity contribution in [3.8, 4) is 17.3 Å². The summed E-state index contributed by atoms with van der Waals surface area (Å²) in [5, 5.41) is 5.66. The van der Waals surface area contributed by atoms with Gasteiger partial charge < -0.3 is 41.3 Å². The lowest BCUT2D eigenvalue weighted by Gasteiger charge is -2.25. The van der Waals surface area contributed by atoms with E-state index in [-0.39, 0.29) is 24.3 Å². The van der Waals surface area contributed by atoms with Crippen LogP contribution in [0, 0.1) is 0 Å². The molecule has 0 atom stereocenters. The van der Waals surface area contributed by atoms with Crippen molar-refractivity contribution in [2.45, 2.75) is 0 Å². The smallest absolute Gasteiger partial charge is 0.255 e. The number of carbonyl (C=O) groups is 2. The molecule has 0 fully saturated rings. The van der Waals surface area contributed by atoms with Gasteiger partial charge in [-0.25, -0.2) is 9.98 Å². The molecule has 0 saturated carbocycles. The van der Waals surface area contributed by atoms with E-state index >= 15 is 0 Å². The number of aromatic amines is 1. The van der Waals surface area contributed by atoms with Crippen molar-refractivity contribution in [2.24, 2.45) is 23.5 Å². The number of methoxy groups -OCH3 is 1. The molecule has 41 heavy (non-hydrogen) atoms. The summed E-state index contributed by atoms with van der Waals surface area (Å²) in [4.78, 5) is 38.8. The van der Waals surface area contributed by atoms with E-state index < -0.39 is 0 Å². The third kappa shape index (κ3) is 7.21. The Hall–Kier alpha value is -4.42. The zero-order chi connectivity index (χ0) is 29.5. The first-order valence-electron chi connectivity index (χ1n) is 12.6. The zero-order valence-corrected chi connectivity index (χ0v) is 24.1. The molecule has 12 nitrogen and oxygen atoms in total. The van der Waals surface area contributed by atoms with E-state index in [2.05, 4.69) is 25.6 Å². The highest BCUT2D eigenvalue weighted by Gasteiger charge is 2.16. The number of imidazole rings is 1. The van der Waals surface area contributed by atoms with Gasteiger partial charge >= 0.3 is 0 Å². The molecule has 2 aromatic heterocycles. The number of aromatic nitrogens is 3. The topological polar surface area (TPSA) is 169 Å². The number of amides is 2. The van der Waals surface area contributed by atoms with Gasteiger partial charge in [-0.05, 0) is 36.4 Å². The van der Waals surface area contributed by atoms with Crippen LogP contribution in [0.4, 0.5) is 17.1 Å². The van der Waals surface area contributed by atoms with Crippen molar-refractivity contribution in [3.63, 3.8) is 0 Å². The number of alkyl halides is 2. The Labute approximate surface area is 246 Å². The second kappa shape index (κ2) is 13.3. The van der Waals surface area contributed by atoms with Gasteiger partial charge in [0.05, 0.1) is 35.2 Å². The predicted octanol–water partition coefficient (Wildman–Crippen LogP) is 3.33. The second-order valence-electron chi connectivity index (χ2n) is 9.04. The van der Waals surface area contributed by atoms with Gasteiger partial charge in [0.15, 0.2) is 11.8 Å². The van der Waals surface area contributed by atoms with Gasteiger partial charge in [-0.3, -0.25) is 9.59 Å². The number of fused-ring (bicyclic) bond motifs is 1. The van der Waals surface area contributed by atoms with E-state index in [0.717, 1.165) is 11.4 Å². The number of rotatable bonds is 12. The molecule has 2 heterocycles. The fraction of sp³-hybridized carbons (Fsp3) is 0.259. The third-order valence-electron chi connectivity index (χ3n) is 6.17. The van der Waals surface area contributed by atoms with Crippen LogP contribution >= 0.6 is 23.2 Å². The predicted molar refractivity (Wildman–Crippen MR) is 164 cm³/mol. The zero-order valence-electron chi connectivity index (χ0n) is 22.6. The quantitative estimate of drug-likeness (QED) is 0.0944. The molecule has 0 aliphatic heterocycles. The van der Waals surface area contributed by atoms with E-state index in [1.165, 1.54) is 0 Å². The molecule has 0 bridgehead atoms. The highest BCUT2D eigenvalue weighted by atomic mass is 35.5. The summed E-state index contributed by atoms with van der Waals surface area (Å²) in [6.45, 7) is 1.04. The van der Waals surface area contributed by atoms with Crippen LogP contribution in [0.15, 0.2) is 53.7 Å². The summed E-state index contributed by atoms with van der Waals surface area (Å²) in [6, 6.07) is 12.4. The number of nitrogens with two attached hydrogens (primary N) is 2. The Bertz CT molecular complexity index is 1570. The van der Waals surface area contributed by atoms with Gasteiger partial charge in [0.1, 0.15) is 12.3 Å². The highest BCUT2D eigenvalue weighted by molar-refractivity contribution is 6.18. The molecule has 0 spiro atoms. The van der Waals surface area contributed by atoms with Crippen LogP contribution in [-0.2, 0) is 11.8 Å². The fourth-order valence-electron chi connectivity index (χ4n) is 4.28. The molecule has 2 aromatic carbocycles. The number of halogens is 2. The first-order chi connectivity index (χ1) is 19.7. The molecule has 7 N–H and O–H groups in total. The van der Waals surface area contributed by atoms with Crippen LogP contribution in [0.3, 0.4) is 0 Å². The van der Waals surface area contributed by atoms with Gasteiger partial charge in [-0.15, -0.1) is 23.2 Å². The monoisotopic (exact) mass is 599 g/mol. The van der Waals surface area contributed by atoms with Crippen LogP contribution in [0.2, 0.25) is 0 Å². The van der Waals surface area contributed by atoms with Gasteiger partial charge in [-0.2, -0.15) is 0 Å². The standard InChI is InChI=1S/C27H31Cl2N9O3/c1-37-15-18(33-24(39)14-32-27(30)31)12-22(37)25-35-19-5-3-16(11-20(19)36-25)26(40)34-17-4-6-21(23(13-17)41-2)38(9-7-28)10-8-29/h3-6,11-13,15H,7-10,14H2,1-2H3,(H,33,39)(H,34,40)(H,35,36)(H4,30,31,32). The van der Waals surface area contributed by atoms with Gasteiger partial charge in [0.25, 0.3) is 5.91 Å². The van der Waals surface area contributed by atoms with E-state index in [1.54, 1.807) is 49.7 Å². The van der Waals surface area contributed by atoms with Crippen LogP contribution in [0.1, 0.15) is 10.4 Å². The van der Waals surface area contributed by atoms with Crippen molar-refractivity contribution in [1.82, 2.24) is 14.5 Å². The second-order valence-corrected chi connectivity index (χ2v) is 9.79. The van der Waals surface area contributed by atoms with Crippen LogP contribution < -0.4 is 31.7 Å². The molecule has 4 rings (SSSR count). The number of hydrogen-bond acceptors (Lipinski definition) is 6. The van der Waals surface area contributed by atoms with Crippen LogP contribution in [0.5, 0.6) is 5.75 Å². The number of aliphatic imine (C=N–C) groups is 1. The first-order valence-corrected chi connectivity index (χ1v) is 13.7. The maximum atomic E-state index is 13.1. The number of benzene rings is 2. The lowest BCUT2D eigenvalue weighted by molar-refractivity contribution is -0.114. The minimum absolute atomic E-state index is 0.158. The number of H-pyrrole nitrogens is 1. The van der Waals surface area contributed by atoms with Gasteiger partial charge in [-0.1, -0.05) is 0 Å². The largest absolute Gasteiger partial charge is 0.495 e. The SMILES string of the molecule is COc1cc(NC(=O)c2ccc3nc(-c4cc(NC(=O)CN=C(N)N)cn4C)[nH]c3c2)ccc1N(CCCl)CCCl. The molecule has 0 aliphatic rings. The van der Waals surface area contributed by atoms with E-state index in [0.29, 0.717) is 64.4 Å². The molecule has 216 valence electrons. The van der Waals surface area contributed by atoms with Crippen LogP contribution in [0.25, 0.3) is 22.6 Å². The minimum atomic E-state index is -0.356. The molecule has 14 heteroatoms. The summed E-state index contributed by atoms with van der Waals surface area (Å²) in [5.74, 6) is 1.25. The third-order valence-corrected chi connectivity index (χ3v) is 6.51. The van der Waals surface area contributed by atoms with Crippen molar-refractivity contribution in [3.05, 3.63) is 54.2 Å². The summed E-state index contributed by atoms with van der Waals surface area (Å²) >= 11 is 11.9. The Balaban J connectivity index is 1.51. The summed E-state index contributed by atoms with van der Waals surface area (Å²) in [6.07, 6.45) is 1.75. The van der Waals surface area contributed by atoms with E-state index in [1.807, 2.05) is 22.6 Å². The number of aryl methyl sites for hydroxylation is 1. The molecule has 0 saturated heterocycles. The van der Waals surface area contributed by atoms with Crippen molar-refractivity contribution in [2.75, 3.05) is 54.0 Å². The molecule has 0 aliphatic carbocycles. The summed E-state index contributed by atoms with van der Waals surface area (Å²) in [7, 11) is 3.40. The summed E-state index contributed by atoms with van der Waals surface area (Å²) in [5.41, 5.74) is 15.1. The Morgan fingerprint density at radius 3 is 2.51 bits per heavy atom. The average Bonchev–Trinajstić information content (AvgIpc) is 3.53. The van der Waals surface area contributed by atoms with Gasteiger partial charge in [0, 0.05) is 55.4 Å². The van der Waals surface area contributed by atoms with Gasteiger partial charge in [0.2, 0.25) is 5.91 Å². The number of nitrogens with one attached hydrogen (secondary N) is 3. The molecule has 2 amide bonds. The van der Waals surface area contributed by atoms with E-state index in [4.69, 9.17) is 39.4 Å². The number of guanidine groups is 1. The van der Waals surface area contributed by atoms with Crippen LogP contribution in [-0.4, -0.2) is 70.8 Å². The lowest BCUT2D eigenvalue weighted by atomic mass is 10.1. The maximum absolute atomic E-state index is 13.1. The maximum Gasteiger partial charge on any atom is 0.255 e. The highest BCUT2D eigenvalue weighted by Crippen LogP contribution is 2.32. The molecular formula is C27H31Cl2N9O3. The number of hydrogen-bond donors (Lipinski definition) is 5.